The van der Waals surface area contributed by atoms with Crippen molar-refractivity contribution in [2.24, 2.45) is 0 Å². The molecule has 20 heavy (non-hydrogen) atoms. The van der Waals surface area contributed by atoms with Crippen LogP contribution in [-0.2, 0) is 0 Å². The summed E-state index contributed by atoms with van der Waals surface area (Å²) < 4.78 is 0. The Labute approximate surface area is 123 Å². The van der Waals surface area contributed by atoms with Gasteiger partial charge in [0.25, 0.3) is 11.6 Å². The van der Waals surface area contributed by atoms with E-state index in [0.29, 0.717) is 10.8 Å². The monoisotopic (exact) mass is 311 g/mol. The molecule has 1 aromatic carbocycles. The Kier molecular flexibility index (Phi) is 4.16. The van der Waals surface area contributed by atoms with Crippen molar-refractivity contribution in [2.45, 2.75) is 0 Å². The minimum atomic E-state index is -0.618. The zero-order chi connectivity index (χ0) is 14.7. The maximum Gasteiger partial charge on any atom is 0.287 e. The number of hydrogen-bond acceptors (Lipinski definition) is 4. The van der Waals surface area contributed by atoms with Crippen LogP contribution in [0.3, 0.4) is 0 Å². The van der Waals surface area contributed by atoms with Crippen LogP contribution < -0.4 is 5.32 Å². The van der Waals surface area contributed by atoms with Crippen LogP contribution in [0.4, 0.5) is 11.4 Å². The summed E-state index contributed by atoms with van der Waals surface area (Å²) in [6.07, 6.45) is 1.40. The lowest BCUT2D eigenvalue weighted by Gasteiger charge is -2.05. The highest BCUT2D eigenvalue weighted by atomic mass is 35.5. The summed E-state index contributed by atoms with van der Waals surface area (Å²) in [5, 5.41) is 13.4. The number of carbonyl (C=O) groups is 1. The molecule has 0 saturated carbocycles. The Morgan fingerprint density at radius 2 is 2.00 bits per heavy atom. The standard InChI is InChI=1S/C12H7Cl2N3O3/c13-9-5-7(1-3-10(9)17(19)20)12(18)16-8-2-4-11(14)15-6-8/h1-6H,(H,16,18). The lowest BCUT2D eigenvalue weighted by molar-refractivity contribution is -0.384. The third-order valence-corrected chi connectivity index (χ3v) is 2.92. The van der Waals surface area contributed by atoms with E-state index in [4.69, 9.17) is 23.2 Å². The van der Waals surface area contributed by atoms with Gasteiger partial charge in [0.1, 0.15) is 10.2 Å². The van der Waals surface area contributed by atoms with Gasteiger partial charge >= 0.3 is 0 Å². The number of pyridine rings is 1. The second-order valence-corrected chi connectivity index (χ2v) is 4.54. The number of nitro groups is 1. The minimum absolute atomic E-state index is 0.100. The fourth-order valence-corrected chi connectivity index (χ4v) is 1.81. The van der Waals surface area contributed by atoms with E-state index in [9.17, 15) is 14.9 Å². The number of hydrogen-bond donors (Lipinski definition) is 1. The molecule has 0 saturated heterocycles. The number of carbonyl (C=O) groups excluding carboxylic acids is 1. The molecule has 1 heterocycles. The van der Waals surface area contributed by atoms with Crippen molar-refractivity contribution in [3.63, 3.8) is 0 Å². The van der Waals surface area contributed by atoms with Gasteiger partial charge in [-0.1, -0.05) is 23.2 Å². The van der Waals surface area contributed by atoms with E-state index in [1.807, 2.05) is 0 Å². The van der Waals surface area contributed by atoms with Crippen molar-refractivity contribution in [3.05, 3.63) is 62.4 Å². The predicted octanol–water partition coefficient (Wildman–Crippen LogP) is 3.55. The molecule has 6 nitrogen and oxygen atoms in total. The molecule has 2 rings (SSSR count). The van der Waals surface area contributed by atoms with Crippen LogP contribution in [0.15, 0.2) is 36.5 Å². The summed E-state index contributed by atoms with van der Waals surface area (Å²) in [6.45, 7) is 0. The number of anilines is 1. The van der Waals surface area contributed by atoms with Gasteiger partial charge in [-0.3, -0.25) is 14.9 Å². The second kappa shape index (κ2) is 5.85. The first-order chi connectivity index (χ1) is 9.47. The highest BCUT2D eigenvalue weighted by molar-refractivity contribution is 6.33. The average molecular weight is 312 g/mol. The van der Waals surface area contributed by atoms with Crippen LogP contribution in [0, 0.1) is 10.1 Å². The Hall–Kier alpha value is -2.18. The highest BCUT2D eigenvalue weighted by Crippen LogP contribution is 2.25. The predicted molar refractivity (Wildman–Crippen MR) is 75.3 cm³/mol. The van der Waals surface area contributed by atoms with E-state index < -0.39 is 10.8 Å². The largest absolute Gasteiger partial charge is 0.321 e. The molecule has 0 spiro atoms. The minimum Gasteiger partial charge on any atom is -0.321 e. The Morgan fingerprint density at radius 3 is 2.55 bits per heavy atom. The molecule has 0 unspecified atom stereocenters. The van der Waals surface area contributed by atoms with Crippen LogP contribution in [0.2, 0.25) is 10.2 Å². The highest BCUT2D eigenvalue weighted by Gasteiger charge is 2.15. The number of nitro benzene ring substituents is 1. The van der Waals surface area contributed by atoms with Crippen molar-refractivity contribution >= 4 is 40.5 Å². The average Bonchev–Trinajstić information content (AvgIpc) is 2.40. The molecule has 1 amide bonds. The smallest absolute Gasteiger partial charge is 0.287 e. The molecule has 102 valence electrons. The Balaban J connectivity index is 2.19. The van der Waals surface area contributed by atoms with Gasteiger partial charge in [0, 0.05) is 11.6 Å². The first-order valence-corrected chi connectivity index (χ1v) is 6.10. The molecule has 0 bridgehead atoms. The van der Waals surface area contributed by atoms with E-state index >= 15 is 0 Å². The molecular weight excluding hydrogens is 305 g/mol. The summed E-state index contributed by atoms with van der Waals surface area (Å²) in [5.41, 5.74) is 0.404. The van der Waals surface area contributed by atoms with Crippen molar-refractivity contribution < 1.29 is 9.72 Å². The Morgan fingerprint density at radius 1 is 1.25 bits per heavy atom. The molecule has 0 fully saturated rings. The van der Waals surface area contributed by atoms with E-state index in [1.165, 1.54) is 30.5 Å². The van der Waals surface area contributed by atoms with Crippen LogP contribution in [0.25, 0.3) is 0 Å². The molecular formula is C12H7Cl2N3O3. The third-order valence-electron chi connectivity index (χ3n) is 2.39. The van der Waals surface area contributed by atoms with E-state index in [-0.39, 0.29) is 16.3 Å². The van der Waals surface area contributed by atoms with Crippen molar-refractivity contribution in [1.82, 2.24) is 4.98 Å². The first kappa shape index (κ1) is 14.2. The molecule has 0 atom stereocenters. The van der Waals surface area contributed by atoms with E-state index in [0.717, 1.165) is 0 Å². The fraction of sp³-hybridized carbons (Fsp3) is 0. The number of benzene rings is 1. The van der Waals surface area contributed by atoms with Crippen LogP contribution in [0.5, 0.6) is 0 Å². The molecule has 8 heteroatoms. The summed E-state index contributed by atoms with van der Waals surface area (Å²) in [6, 6.07) is 6.85. The van der Waals surface area contributed by atoms with Crippen molar-refractivity contribution in [3.8, 4) is 0 Å². The molecule has 0 aliphatic heterocycles. The SMILES string of the molecule is O=C(Nc1ccc(Cl)nc1)c1ccc([N+](=O)[O-])c(Cl)c1. The number of aromatic nitrogens is 1. The van der Waals surface area contributed by atoms with Gasteiger partial charge in [0.15, 0.2) is 0 Å². The molecule has 0 aliphatic rings. The second-order valence-electron chi connectivity index (χ2n) is 3.75. The van der Waals surface area contributed by atoms with Crippen molar-refractivity contribution in [1.29, 1.82) is 0 Å². The van der Waals surface area contributed by atoms with Crippen molar-refractivity contribution in [2.75, 3.05) is 5.32 Å². The lowest BCUT2D eigenvalue weighted by atomic mass is 10.2. The van der Waals surface area contributed by atoms with Gasteiger partial charge in [-0.05, 0) is 24.3 Å². The number of rotatable bonds is 3. The van der Waals surface area contributed by atoms with Gasteiger partial charge in [0.05, 0.1) is 16.8 Å². The summed E-state index contributed by atoms with van der Waals surface area (Å²) in [4.78, 5) is 25.8. The summed E-state index contributed by atoms with van der Waals surface area (Å²) in [5.74, 6) is -0.453. The number of nitrogens with zero attached hydrogens (tertiary/aromatic N) is 2. The molecule has 0 radical (unpaired) electrons. The number of nitrogens with one attached hydrogen (secondary N) is 1. The third kappa shape index (κ3) is 3.23. The molecule has 1 N–H and O–H groups in total. The molecule has 0 aliphatic carbocycles. The maximum absolute atomic E-state index is 11.9. The Bertz CT molecular complexity index is 674. The van der Waals surface area contributed by atoms with Gasteiger partial charge in [0.2, 0.25) is 0 Å². The normalized spacial score (nSPS) is 10.1. The zero-order valence-corrected chi connectivity index (χ0v) is 11.4. The lowest BCUT2D eigenvalue weighted by Crippen LogP contribution is -2.12. The van der Waals surface area contributed by atoms with Gasteiger partial charge in [-0.2, -0.15) is 0 Å². The van der Waals surface area contributed by atoms with E-state index in [2.05, 4.69) is 10.3 Å². The van der Waals surface area contributed by atoms with Gasteiger partial charge in [-0.25, -0.2) is 4.98 Å². The topological polar surface area (TPSA) is 85.1 Å². The van der Waals surface area contributed by atoms with Crippen LogP contribution in [0.1, 0.15) is 10.4 Å². The molecule has 2 aromatic rings. The van der Waals surface area contributed by atoms with E-state index in [1.54, 1.807) is 6.07 Å². The quantitative estimate of drug-likeness (QED) is 0.533. The van der Waals surface area contributed by atoms with Crippen LogP contribution >= 0.6 is 23.2 Å². The zero-order valence-electron chi connectivity index (χ0n) is 9.84. The number of amides is 1. The van der Waals surface area contributed by atoms with Gasteiger partial charge < -0.3 is 5.32 Å². The summed E-state index contributed by atoms with van der Waals surface area (Å²) in [7, 11) is 0. The van der Waals surface area contributed by atoms with Gasteiger partial charge in [-0.15, -0.1) is 0 Å². The fourth-order valence-electron chi connectivity index (χ4n) is 1.45. The first-order valence-electron chi connectivity index (χ1n) is 5.34. The maximum atomic E-state index is 11.9. The summed E-state index contributed by atoms with van der Waals surface area (Å²) >= 11 is 11.4. The molecule has 1 aromatic heterocycles. The number of halogens is 2. The van der Waals surface area contributed by atoms with Crippen LogP contribution in [-0.4, -0.2) is 15.8 Å².